The van der Waals surface area contributed by atoms with Crippen molar-refractivity contribution in [1.29, 1.82) is 0 Å². The van der Waals surface area contributed by atoms with Gasteiger partial charge >= 0.3 is 5.97 Å². The number of methoxy groups -OCH3 is 1. The van der Waals surface area contributed by atoms with Gasteiger partial charge in [0.2, 0.25) is 0 Å². The molecular weight excluding hydrogens is 396 g/mol. The van der Waals surface area contributed by atoms with Crippen LogP contribution in [-0.2, 0) is 28.8 Å². The van der Waals surface area contributed by atoms with Crippen LogP contribution in [0.5, 0.6) is 5.75 Å². The highest BCUT2D eigenvalue weighted by Crippen LogP contribution is 2.30. The van der Waals surface area contributed by atoms with Gasteiger partial charge in [0.25, 0.3) is 0 Å². The fourth-order valence-corrected chi connectivity index (χ4v) is 3.32. The van der Waals surface area contributed by atoms with Crippen molar-refractivity contribution in [3.8, 4) is 5.75 Å². The van der Waals surface area contributed by atoms with Crippen molar-refractivity contribution in [3.63, 3.8) is 0 Å². The first-order valence-corrected chi connectivity index (χ1v) is 9.38. The molecule has 26 heavy (non-hydrogen) atoms. The summed E-state index contributed by atoms with van der Waals surface area (Å²) in [7, 11) is 1.66. The lowest BCUT2D eigenvalue weighted by Crippen LogP contribution is -2.08. The van der Waals surface area contributed by atoms with Gasteiger partial charge in [-0.15, -0.1) is 0 Å². The van der Waals surface area contributed by atoms with Crippen molar-refractivity contribution in [2.75, 3.05) is 13.7 Å². The SMILES string of the molecule is CCOC(=O)Cc1c(CCc2ccc(OC)cc2)oc2cc(Br)ccc12. The minimum absolute atomic E-state index is 0.223. The van der Waals surface area contributed by atoms with Crippen molar-refractivity contribution in [2.45, 2.75) is 26.2 Å². The zero-order chi connectivity index (χ0) is 18.5. The first kappa shape index (κ1) is 18.5. The number of carbonyl (C=O) groups excluding carboxylic acids is 1. The molecule has 136 valence electrons. The van der Waals surface area contributed by atoms with E-state index in [0.717, 1.165) is 38.9 Å². The first-order valence-electron chi connectivity index (χ1n) is 8.59. The number of hydrogen-bond acceptors (Lipinski definition) is 4. The van der Waals surface area contributed by atoms with Gasteiger partial charge in [0.05, 0.1) is 20.1 Å². The summed E-state index contributed by atoms with van der Waals surface area (Å²) in [6.45, 7) is 2.19. The molecule has 0 amide bonds. The summed E-state index contributed by atoms with van der Waals surface area (Å²) in [5.41, 5.74) is 2.89. The van der Waals surface area contributed by atoms with E-state index in [-0.39, 0.29) is 12.4 Å². The van der Waals surface area contributed by atoms with Gasteiger partial charge < -0.3 is 13.9 Å². The first-order chi connectivity index (χ1) is 12.6. The van der Waals surface area contributed by atoms with Gasteiger partial charge in [-0.1, -0.05) is 28.1 Å². The van der Waals surface area contributed by atoms with E-state index >= 15 is 0 Å². The Balaban J connectivity index is 1.86. The van der Waals surface area contributed by atoms with Gasteiger partial charge in [-0.2, -0.15) is 0 Å². The van der Waals surface area contributed by atoms with E-state index in [0.29, 0.717) is 13.0 Å². The lowest BCUT2D eigenvalue weighted by molar-refractivity contribution is -0.142. The zero-order valence-electron chi connectivity index (χ0n) is 14.9. The maximum atomic E-state index is 12.0. The summed E-state index contributed by atoms with van der Waals surface area (Å²) in [4.78, 5) is 12.0. The molecular formula is C21H21BrO4. The Kier molecular flexibility index (Phi) is 5.99. The monoisotopic (exact) mass is 416 g/mol. The van der Waals surface area contributed by atoms with E-state index in [1.807, 2.05) is 49.4 Å². The van der Waals surface area contributed by atoms with Gasteiger partial charge in [-0.3, -0.25) is 4.79 Å². The molecule has 5 heteroatoms. The highest BCUT2D eigenvalue weighted by molar-refractivity contribution is 9.10. The molecule has 0 fully saturated rings. The highest BCUT2D eigenvalue weighted by atomic mass is 79.9. The molecule has 1 heterocycles. The maximum absolute atomic E-state index is 12.0. The molecule has 0 unspecified atom stereocenters. The van der Waals surface area contributed by atoms with Crippen molar-refractivity contribution >= 4 is 32.9 Å². The van der Waals surface area contributed by atoms with E-state index in [4.69, 9.17) is 13.9 Å². The van der Waals surface area contributed by atoms with E-state index < -0.39 is 0 Å². The molecule has 0 saturated heterocycles. The molecule has 0 aliphatic carbocycles. The van der Waals surface area contributed by atoms with Crippen molar-refractivity contribution < 1.29 is 18.7 Å². The molecule has 0 N–H and O–H groups in total. The van der Waals surface area contributed by atoms with Crippen LogP contribution in [0.4, 0.5) is 0 Å². The second-order valence-corrected chi connectivity index (χ2v) is 6.89. The Bertz CT molecular complexity index is 896. The van der Waals surface area contributed by atoms with Crippen LogP contribution in [0, 0.1) is 0 Å². The molecule has 3 rings (SSSR count). The number of rotatable bonds is 7. The predicted molar refractivity (Wildman–Crippen MR) is 105 cm³/mol. The Morgan fingerprint density at radius 1 is 1.12 bits per heavy atom. The smallest absolute Gasteiger partial charge is 0.310 e. The summed E-state index contributed by atoms with van der Waals surface area (Å²) >= 11 is 3.47. The summed E-state index contributed by atoms with van der Waals surface area (Å²) in [5.74, 6) is 1.44. The summed E-state index contributed by atoms with van der Waals surface area (Å²) < 4.78 is 17.3. The Morgan fingerprint density at radius 3 is 2.58 bits per heavy atom. The van der Waals surface area contributed by atoms with Crippen LogP contribution in [0.15, 0.2) is 51.4 Å². The third-order valence-electron chi connectivity index (χ3n) is 4.26. The van der Waals surface area contributed by atoms with Gasteiger partial charge in [0, 0.05) is 21.8 Å². The fraction of sp³-hybridized carbons (Fsp3) is 0.286. The summed E-state index contributed by atoms with van der Waals surface area (Å²) in [5, 5.41) is 0.964. The van der Waals surface area contributed by atoms with Crippen molar-refractivity contribution in [3.05, 3.63) is 63.8 Å². The molecule has 0 aliphatic rings. The Morgan fingerprint density at radius 2 is 1.88 bits per heavy atom. The number of carbonyl (C=O) groups is 1. The minimum Gasteiger partial charge on any atom is -0.497 e. The number of hydrogen-bond donors (Lipinski definition) is 0. The number of halogens is 1. The second kappa shape index (κ2) is 8.41. The number of ether oxygens (including phenoxy) is 2. The minimum atomic E-state index is -0.233. The van der Waals surface area contributed by atoms with E-state index in [1.165, 1.54) is 5.56 Å². The number of fused-ring (bicyclic) bond motifs is 1. The number of benzene rings is 2. The average Bonchev–Trinajstić information content (AvgIpc) is 2.97. The summed E-state index contributed by atoms with van der Waals surface area (Å²) in [6.07, 6.45) is 1.76. The molecule has 2 aromatic carbocycles. The number of furan rings is 1. The molecule has 1 aromatic heterocycles. The lowest BCUT2D eigenvalue weighted by Gasteiger charge is -2.05. The van der Waals surface area contributed by atoms with Crippen LogP contribution in [0.2, 0.25) is 0 Å². The quantitative estimate of drug-likeness (QED) is 0.503. The number of esters is 1. The fourth-order valence-electron chi connectivity index (χ4n) is 2.98. The van der Waals surface area contributed by atoms with E-state index in [9.17, 15) is 4.79 Å². The maximum Gasteiger partial charge on any atom is 0.310 e. The largest absolute Gasteiger partial charge is 0.497 e. The number of aryl methyl sites for hydroxylation is 2. The third kappa shape index (κ3) is 4.28. The zero-order valence-corrected chi connectivity index (χ0v) is 16.5. The van der Waals surface area contributed by atoms with Crippen LogP contribution in [0.3, 0.4) is 0 Å². The standard InChI is InChI=1S/C21H21BrO4/c1-3-25-21(23)13-18-17-10-7-15(22)12-20(17)26-19(18)11-6-14-4-8-16(24-2)9-5-14/h4-5,7-10,12H,3,6,11,13H2,1-2H3. The van der Waals surface area contributed by atoms with Crippen LogP contribution < -0.4 is 4.74 Å². The van der Waals surface area contributed by atoms with E-state index in [2.05, 4.69) is 15.9 Å². The highest BCUT2D eigenvalue weighted by Gasteiger charge is 2.18. The normalized spacial score (nSPS) is 10.9. The molecule has 0 aliphatic heterocycles. The Hall–Kier alpha value is -2.27. The van der Waals surface area contributed by atoms with Crippen LogP contribution >= 0.6 is 15.9 Å². The van der Waals surface area contributed by atoms with Crippen molar-refractivity contribution in [1.82, 2.24) is 0 Å². The van der Waals surface area contributed by atoms with E-state index in [1.54, 1.807) is 7.11 Å². The van der Waals surface area contributed by atoms with Gasteiger partial charge in [-0.05, 0) is 49.2 Å². The van der Waals surface area contributed by atoms with Crippen molar-refractivity contribution in [2.24, 2.45) is 0 Å². The second-order valence-electron chi connectivity index (χ2n) is 5.97. The molecule has 0 saturated carbocycles. The van der Waals surface area contributed by atoms with Gasteiger partial charge in [0.15, 0.2) is 0 Å². The van der Waals surface area contributed by atoms with Crippen LogP contribution in [-0.4, -0.2) is 19.7 Å². The predicted octanol–water partition coefficient (Wildman–Crippen LogP) is 5.09. The topological polar surface area (TPSA) is 48.7 Å². The molecule has 4 nitrogen and oxygen atoms in total. The third-order valence-corrected chi connectivity index (χ3v) is 4.76. The molecule has 0 atom stereocenters. The van der Waals surface area contributed by atoms with Crippen LogP contribution in [0.1, 0.15) is 23.8 Å². The van der Waals surface area contributed by atoms with Gasteiger partial charge in [-0.25, -0.2) is 0 Å². The molecule has 0 bridgehead atoms. The van der Waals surface area contributed by atoms with Crippen LogP contribution in [0.25, 0.3) is 11.0 Å². The average molecular weight is 417 g/mol. The lowest BCUT2D eigenvalue weighted by atomic mass is 10.0. The molecule has 0 radical (unpaired) electrons. The molecule has 3 aromatic rings. The van der Waals surface area contributed by atoms with Gasteiger partial charge in [0.1, 0.15) is 17.1 Å². The summed E-state index contributed by atoms with van der Waals surface area (Å²) in [6, 6.07) is 13.9. The Labute approximate surface area is 161 Å². The molecule has 0 spiro atoms.